The molecule has 0 saturated carbocycles. The molecule has 1 rings (SSSR count). The lowest BCUT2D eigenvalue weighted by Crippen LogP contribution is -1.87. The zero-order valence-electron chi connectivity index (χ0n) is 28.3. The molecule has 2 nitrogen and oxygen atoms in total. The normalized spacial score (nSPS) is 11.6. The second-order valence-electron chi connectivity index (χ2n) is 13.2. The summed E-state index contributed by atoms with van der Waals surface area (Å²) in [6.07, 6.45) is 48.1. The van der Waals surface area contributed by atoms with Crippen molar-refractivity contribution in [1.82, 2.24) is 10.2 Å². The molecule has 3 heteroatoms. The maximum Gasteiger partial charge on any atom is 0.117 e. The van der Waals surface area contributed by atoms with Gasteiger partial charge in [-0.1, -0.05) is 206 Å². The minimum Gasteiger partial charge on any atom is -0.144 e. The fraction of sp³-hybridized carbons (Fsp3) is 0.947. The molecule has 0 aliphatic rings. The van der Waals surface area contributed by atoms with Gasteiger partial charge in [0.05, 0.1) is 0 Å². The highest BCUT2D eigenvalue weighted by atomic mass is 32.1. The van der Waals surface area contributed by atoms with Crippen molar-refractivity contribution in [3.8, 4) is 0 Å². The lowest BCUT2D eigenvalue weighted by atomic mass is 10.0. The smallest absolute Gasteiger partial charge is 0.117 e. The van der Waals surface area contributed by atoms with Crippen LogP contribution in [-0.2, 0) is 12.8 Å². The molecule has 0 bridgehead atoms. The van der Waals surface area contributed by atoms with E-state index in [0.717, 1.165) is 12.8 Å². The van der Waals surface area contributed by atoms with Gasteiger partial charge in [0.15, 0.2) is 0 Å². The topological polar surface area (TPSA) is 25.8 Å². The van der Waals surface area contributed by atoms with Gasteiger partial charge in [-0.3, -0.25) is 0 Å². The second-order valence-corrected chi connectivity index (χ2v) is 14.3. The van der Waals surface area contributed by atoms with Gasteiger partial charge in [0.2, 0.25) is 0 Å². The lowest BCUT2D eigenvalue weighted by molar-refractivity contribution is 0.529. The van der Waals surface area contributed by atoms with E-state index in [0.29, 0.717) is 0 Å². The molecule has 0 spiro atoms. The molecule has 0 aliphatic carbocycles. The molecule has 0 aliphatic heterocycles. The van der Waals surface area contributed by atoms with Gasteiger partial charge in [0.25, 0.3) is 0 Å². The minimum atomic E-state index is 1.15. The standard InChI is InChI=1S/C38H74N2S/c1-3-5-7-9-11-13-15-17-19-21-23-25-27-29-31-33-35-37-39-40-38(41-37)36-34-32-30-28-26-24-22-20-18-16-14-12-10-8-6-4-2/h3-36H2,1-2H3. The first-order chi connectivity index (χ1) is 20.4. The third kappa shape index (κ3) is 28.1. The maximum absolute atomic E-state index is 4.48. The molecule has 0 fully saturated rings. The third-order valence-electron chi connectivity index (χ3n) is 9.00. The van der Waals surface area contributed by atoms with Gasteiger partial charge in [0.1, 0.15) is 10.0 Å². The summed E-state index contributed by atoms with van der Waals surface area (Å²) in [7, 11) is 0. The minimum absolute atomic E-state index is 1.15. The van der Waals surface area contributed by atoms with Crippen LogP contribution in [0.15, 0.2) is 0 Å². The molecule has 41 heavy (non-hydrogen) atoms. The van der Waals surface area contributed by atoms with Crippen LogP contribution in [0.4, 0.5) is 0 Å². The molecular formula is C38H74N2S. The Morgan fingerprint density at radius 2 is 0.488 bits per heavy atom. The summed E-state index contributed by atoms with van der Waals surface area (Å²) in [5.41, 5.74) is 0. The average molecular weight is 591 g/mol. The predicted molar refractivity (Wildman–Crippen MR) is 186 cm³/mol. The molecule has 0 aromatic carbocycles. The molecule has 0 radical (unpaired) electrons. The van der Waals surface area contributed by atoms with Crippen LogP contribution in [0.5, 0.6) is 0 Å². The fourth-order valence-electron chi connectivity index (χ4n) is 6.14. The number of hydrogen-bond donors (Lipinski definition) is 0. The number of nitrogens with zero attached hydrogens (tertiary/aromatic N) is 2. The number of aromatic nitrogens is 2. The highest BCUT2D eigenvalue weighted by Gasteiger charge is 2.04. The van der Waals surface area contributed by atoms with Crippen molar-refractivity contribution >= 4 is 11.3 Å². The zero-order chi connectivity index (χ0) is 29.3. The van der Waals surface area contributed by atoms with Crippen LogP contribution >= 0.6 is 11.3 Å². The SMILES string of the molecule is CCCCCCCCCCCCCCCCCCc1nnc(CCCCCCCCCCCCCCCCCC)s1. The van der Waals surface area contributed by atoms with Gasteiger partial charge in [-0.15, -0.1) is 21.5 Å². The van der Waals surface area contributed by atoms with Gasteiger partial charge in [-0.2, -0.15) is 0 Å². The number of aryl methyl sites for hydroxylation is 2. The van der Waals surface area contributed by atoms with Crippen LogP contribution in [0.2, 0.25) is 0 Å². The highest BCUT2D eigenvalue weighted by molar-refractivity contribution is 7.11. The Morgan fingerprint density at radius 3 is 0.707 bits per heavy atom. The third-order valence-corrected chi connectivity index (χ3v) is 10.0. The van der Waals surface area contributed by atoms with Crippen LogP contribution in [0, 0.1) is 0 Å². The largest absolute Gasteiger partial charge is 0.144 e. The quantitative estimate of drug-likeness (QED) is 0.0746. The summed E-state index contributed by atoms with van der Waals surface area (Å²) < 4.78 is 0. The molecule has 1 aromatic rings. The first-order valence-electron chi connectivity index (χ1n) is 19.2. The molecule has 242 valence electrons. The van der Waals surface area contributed by atoms with Gasteiger partial charge < -0.3 is 0 Å². The average Bonchev–Trinajstić information content (AvgIpc) is 3.44. The molecule has 1 aromatic heterocycles. The van der Waals surface area contributed by atoms with Crippen molar-refractivity contribution in [2.45, 2.75) is 232 Å². The van der Waals surface area contributed by atoms with Crippen LogP contribution in [-0.4, -0.2) is 10.2 Å². The summed E-state index contributed by atoms with van der Waals surface area (Å²) in [4.78, 5) is 0. The van der Waals surface area contributed by atoms with E-state index in [-0.39, 0.29) is 0 Å². The number of unbranched alkanes of at least 4 members (excludes halogenated alkanes) is 30. The fourth-order valence-corrected chi connectivity index (χ4v) is 7.07. The first-order valence-corrected chi connectivity index (χ1v) is 20.0. The summed E-state index contributed by atoms with van der Waals surface area (Å²) in [5, 5.41) is 11.5. The molecule has 0 saturated heterocycles. The lowest BCUT2D eigenvalue weighted by Gasteiger charge is -2.03. The Hall–Kier alpha value is -0.440. The predicted octanol–water partition coefficient (Wildman–Crippen LogP) is 14.1. The monoisotopic (exact) mass is 591 g/mol. The van der Waals surface area contributed by atoms with E-state index >= 15 is 0 Å². The van der Waals surface area contributed by atoms with Crippen molar-refractivity contribution in [1.29, 1.82) is 0 Å². The molecular weight excluding hydrogens is 516 g/mol. The molecule has 0 unspecified atom stereocenters. The van der Waals surface area contributed by atoms with E-state index in [1.54, 1.807) is 0 Å². The van der Waals surface area contributed by atoms with E-state index in [1.807, 2.05) is 11.3 Å². The van der Waals surface area contributed by atoms with E-state index < -0.39 is 0 Å². The summed E-state index contributed by atoms with van der Waals surface area (Å²) >= 11 is 1.89. The molecule has 0 amide bonds. The second kappa shape index (κ2) is 32.5. The van der Waals surface area contributed by atoms with E-state index in [4.69, 9.17) is 0 Å². The summed E-state index contributed by atoms with van der Waals surface area (Å²) in [6.45, 7) is 4.61. The van der Waals surface area contributed by atoms with Crippen LogP contribution in [0.1, 0.15) is 229 Å². The van der Waals surface area contributed by atoms with Crippen molar-refractivity contribution < 1.29 is 0 Å². The Balaban J connectivity index is 1.78. The number of hydrogen-bond acceptors (Lipinski definition) is 3. The highest BCUT2D eigenvalue weighted by Crippen LogP contribution is 2.19. The van der Waals surface area contributed by atoms with Crippen LogP contribution in [0.3, 0.4) is 0 Å². The Kier molecular flexibility index (Phi) is 30.6. The molecule has 0 N–H and O–H groups in total. The maximum atomic E-state index is 4.48. The van der Waals surface area contributed by atoms with Crippen molar-refractivity contribution in [3.63, 3.8) is 0 Å². The van der Waals surface area contributed by atoms with Crippen LogP contribution in [0.25, 0.3) is 0 Å². The van der Waals surface area contributed by atoms with Crippen molar-refractivity contribution in [2.75, 3.05) is 0 Å². The first kappa shape index (κ1) is 38.6. The van der Waals surface area contributed by atoms with E-state index in [9.17, 15) is 0 Å². The Morgan fingerprint density at radius 1 is 0.293 bits per heavy atom. The van der Waals surface area contributed by atoms with Gasteiger partial charge in [0, 0.05) is 12.8 Å². The Bertz CT molecular complexity index is 563. The van der Waals surface area contributed by atoms with E-state index in [1.165, 1.54) is 215 Å². The number of rotatable bonds is 34. The van der Waals surface area contributed by atoms with Gasteiger partial charge in [-0.25, -0.2) is 0 Å². The Labute approximate surface area is 263 Å². The van der Waals surface area contributed by atoms with Crippen molar-refractivity contribution in [3.05, 3.63) is 10.0 Å². The molecule has 0 atom stereocenters. The summed E-state index contributed by atoms with van der Waals surface area (Å²) in [6, 6.07) is 0. The zero-order valence-corrected chi connectivity index (χ0v) is 29.2. The van der Waals surface area contributed by atoms with Gasteiger partial charge >= 0.3 is 0 Å². The van der Waals surface area contributed by atoms with Crippen LogP contribution < -0.4 is 0 Å². The molecule has 1 heterocycles. The van der Waals surface area contributed by atoms with E-state index in [2.05, 4.69) is 24.0 Å². The van der Waals surface area contributed by atoms with Crippen molar-refractivity contribution in [2.24, 2.45) is 0 Å². The summed E-state index contributed by atoms with van der Waals surface area (Å²) in [5.74, 6) is 0. The van der Waals surface area contributed by atoms with Gasteiger partial charge in [-0.05, 0) is 12.8 Å².